The summed E-state index contributed by atoms with van der Waals surface area (Å²) >= 11 is 0. The molecule has 4 nitrogen and oxygen atoms in total. The van der Waals surface area contributed by atoms with E-state index < -0.39 is 0 Å². The highest BCUT2D eigenvalue weighted by atomic mass is 15.3. The van der Waals surface area contributed by atoms with Gasteiger partial charge in [-0.3, -0.25) is 4.40 Å². The van der Waals surface area contributed by atoms with Gasteiger partial charge in [-0.2, -0.15) is 0 Å². The molecule has 4 heteroatoms. The Morgan fingerprint density at radius 2 is 2.12 bits per heavy atom. The minimum absolute atomic E-state index is 0.849. The molecule has 0 amide bonds. The fourth-order valence-electron chi connectivity index (χ4n) is 1.73. The van der Waals surface area contributed by atoms with Gasteiger partial charge >= 0.3 is 0 Å². The minimum atomic E-state index is 0.849. The lowest BCUT2D eigenvalue weighted by atomic mass is 10.3. The second-order valence-electron chi connectivity index (χ2n) is 4.23. The lowest BCUT2D eigenvalue weighted by Crippen LogP contribution is -2.06. The molecule has 0 radical (unpaired) electrons. The first kappa shape index (κ1) is 11.9. The average molecular weight is 232 g/mol. The molecular weight excluding hydrogens is 212 g/mol. The zero-order valence-corrected chi connectivity index (χ0v) is 10.8. The van der Waals surface area contributed by atoms with E-state index in [4.69, 9.17) is 0 Å². The second-order valence-corrected chi connectivity index (χ2v) is 4.23. The van der Waals surface area contributed by atoms with Crippen molar-refractivity contribution in [2.75, 3.05) is 11.9 Å². The predicted octanol–water partition coefficient (Wildman–Crippen LogP) is 2.89. The number of hydrogen-bond acceptors (Lipinski definition) is 3. The fraction of sp³-hybridized carbons (Fsp3) is 0.538. The van der Waals surface area contributed by atoms with Gasteiger partial charge in [-0.25, -0.2) is 0 Å². The number of nitrogens with one attached hydrogen (secondary N) is 1. The molecule has 2 heterocycles. The van der Waals surface area contributed by atoms with E-state index >= 15 is 0 Å². The van der Waals surface area contributed by atoms with Crippen LogP contribution in [0.4, 0.5) is 5.95 Å². The van der Waals surface area contributed by atoms with Gasteiger partial charge in [-0.15, -0.1) is 10.2 Å². The molecule has 0 spiro atoms. The molecule has 0 bridgehead atoms. The quantitative estimate of drug-likeness (QED) is 0.884. The van der Waals surface area contributed by atoms with Crippen molar-refractivity contribution in [3.63, 3.8) is 0 Å². The van der Waals surface area contributed by atoms with Crippen molar-refractivity contribution in [2.45, 2.75) is 33.6 Å². The van der Waals surface area contributed by atoms with Gasteiger partial charge in [0.25, 0.3) is 0 Å². The van der Waals surface area contributed by atoms with Crippen LogP contribution < -0.4 is 5.32 Å². The number of anilines is 1. The number of fused-ring (bicyclic) bond motifs is 1. The standard InChI is InChI=1S/C11H14N4.C2H6/c1-8-3-2-6-15-10(8)13-14-11(15)12-7-9-4-5-9;1-2/h2-3,6,9H,4-5,7H2,1H3,(H,12,14);1-2H3. The third-order valence-electron chi connectivity index (χ3n) is 2.88. The number of aryl methyl sites for hydroxylation is 1. The first-order valence-electron chi connectivity index (χ1n) is 6.39. The summed E-state index contributed by atoms with van der Waals surface area (Å²) in [5, 5.41) is 11.7. The molecule has 1 aliphatic rings. The highest BCUT2D eigenvalue weighted by molar-refractivity contribution is 5.51. The Labute approximate surface area is 102 Å². The van der Waals surface area contributed by atoms with Gasteiger partial charge in [-0.1, -0.05) is 19.9 Å². The van der Waals surface area contributed by atoms with Gasteiger partial charge in [0.1, 0.15) is 0 Å². The maximum Gasteiger partial charge on any atom is 0.229 e. The van der Waals surface area contributed by atoms with Gasteiger partial charge in [0.05, 0.1) is 0 Å². The van der Waals surface area contributed by atoms with Crippen molar-refractivity contribution >= 4 is 11.6 Å². The number of rotatable bonds is 3. The molecule has 0 aliphatic heterocycles. The van der Waals surface area contributed by atoms with Crippen molar-refractivity contribution in [1.82, 2.24) is 14.6 Å². The molecule has 17 heavy (non-hydrogen) atoms. The van der Waals surface area contributed by atoms with E-state index in [2.05, 4.69) is 28.5 Å². The topological polar surface area (TPSA) is 42.2 Å². The molecule has 1 saturated carbocycles. The van der Waals surface area contributed by atoms with Gasteiger partial charge in [-0.05, 0) is 37.3 Å². The van der Waals surface area contributed by atoms with Crippen molar-refractivity contribution in [3.05, 3.63) is 23.9 Å². The van der Waals surface area contributed by atoms with E-state index in [1.807, 2.05) is 30.5 Å². The van der Waals surface area contributed by atoms with E-state index in [9.17, 15) is 0 Å². The molecule has 2 aromatic rings. The summed E-state index contributed by atoms with van der Waals surface area (Å²) < 4.78 is 2.01. The maximum absolute atomic E-state index is 4.17. The zero-order chi connectivity index (χ0) is 12.3. The van der Waals surface area contributed by atoms with E-state index in [1.165, 1.54) is 12.8 Å². The highest BCUT2D eigenvalue weighted by Crippen LogP contribution is 2.28. The number of hydrogen-bond donors (Lipinski definition) is 1. The van der Waals surface area contributed by atoms with Crippen LogP contribution in [0.15, 0.2) is 18.3 Å². The van der Waals surface area contributed by atoms with Gasteiger partial charge < -0.3 is 5.32 Å². The maximum atomic E-state index is 4.17. The summed E-state index contributed by atoms with van der Waals surface area (Å²) in [5.41, 5.74) is 2.10. The average Bonchev–Trinajstić information content (AvgIpc) is 3.10. The summed E-state index contributed by atoms with van der Waals surface area (Å²) in [5.74, 6) is 1.71. The highest BCUT2D eigenvalue weighted by Gasteiger charge is 2.21. The van der Waals surface area contributed by atoms with E-state index in [1.54, 1.807) is 0 Å². The molecule has 1 N–H and O–H groups in total. The largest absolute Gasteiger partial charge is 0.354 e. The summed E-state index contributed by atoms with van der Waals surface area (Å²) in [6, 6.07) is 4.07. The van der Waals surface area contributed by atoms with Crippen LogP contribution in [-0.4, -0.2) is 21.1 Å². The SMILES string of the molecule is CC.Cc1cccn2c(NCC3CC3)nnc12. The Morgan fingerprint density at radius 1 is 1.35 bits per heavy atom. The molecule has 2 aromatic heterocycles. The lowest BCUT2D eigenvalue weighted by Gasteiger charge is -2.02. The molecule has 0 atom stereocenters. The molecule has 1 fully saturated rings. The Morgan fingerprint density at radius 3 is 2.82 bits per heavy atom. The Hall–Kier alpha value is -1.58. The van der Waals surface area contributed by atoms with E-state index in [-0.39, 0.29) is 0 Å². The third-order valence-corrected chi connectivity index (χ3v) is 2.88. The summed E-state index contributed by atoms with van der Waals surface area (Å²) in [6.45, 7) is 7.07. The number of pyridine rings is 1. The van der Waals surface area contributed by atoms with Crippen LogP contribution in [0.2, 0.25) is 0 Å². The van der Waals surface area contributed by atoms with Gasteiger partial charge in [0, 0.05) is 12.7 Å². The molecule has 0 saturated heterocycles. The first-order valence-corrected chi connectivity index (χ1v) is 6.39. The van der Waals surface area contributed by atoms with Crippen molar-refractivity contribution in [3.8, 4) is 0 Å². The van der Waals surface area contributed by atoms with E-state index in [0.29, 0.717) is 0 Å². The molecule has 1 aliphatic carbocycles. The Balaban J connectivity index is 0.000000514. The van der Waals surface area contributed by atoms with Gasteiger partial charge in [0.15, 0.2) is 5.65 Å². The normalized spacial score (nSPS) is 14.3. The van der Waals surface area contributed by atoms with Crippen molar-refractivity contribution in [1.29, 1.82) is 0 Å². The Kier molecular flexibility index (Phi) is 3.61. The van der Waals surface area contributed by atoms with Gasteiger partial charge in [0.2, 0.25) is 5.95 Å². The fourth-order valence-corrected chi connectivity index (χ4v) is 1.73. The monoisotopic (exact) mass is 232 g/mol. The van der Waals surface area contributed by atoms with Crippen molar-refractivity contribution < 1.29 is 0 Å². The second kappa shape index (κ2) is 5.17. The molecular formula is C13H20N4. The number of aromatic nitrogens is 3. The van der Waals surface area contributed by atoms with Crippen LogP contribution in [0, 0.1) is 12.8 Å². The minimum Gasteiger partial charge on any atom is -0.354 e. The van der Waals surface area contributed by atoms with E-state index in [0.717, 1.165) is 29.6 Å². The van der Waals surface area contributed by atoms with Crippen molar-refractivity contribution in [2.24, 2.45) is 5.92 Å². The summed E-state index contributed by atoms with van der Waals surface area (Å²) in [6.07, 6.45) is 4.70. The zero-order valence-electron chi connectivity index (χ0n) is 10.8. The Bertz CT molecular complexity index is 485. The molecule has 3 rings (SSSR count). The summed E-state index contributed by atoms with van der Waals surface area (Å²) in [4.78, 5) is 0. The molecule has 0 unspecified atom stereocenters. The first-order chi connectivity index (χ1) is 8.34. The molecule has 92 valence electrons. The van der Waals surface area contributed by atoms with Crippen LogP contribution in [-0.2, 0) is 0 Å². The lowest BCUT2D eigenvalue weighted by molar-refractivity contribution is 0.869. The smallest absolute Gasteiger partial charge is 0.229 e. The van der Waals surface area contributed by atoms with Crippen LogP contribution in [0.25, 0.3) is 5.65 Å². The number of nitrogens with zero attached hydrogens (tertiary/aromatic N) is 3. The van der Waals surface area contributed by atoms with Crippen LogP contribution in [0.3, 0.4) is 0 Å². The van der Waals surface area contributed by atoms with Crippen LogP contribution in [0.5, 0.6) is 0 Å². The third kappa shape index (κ3) is 2.57. The summed E-state index contributed by atoms with van der Waals surface area (Å²) in [7, 11) is 0. The van der Waals surface area contributed by atoms with Crippen LogP contribution in [0.1, 0.15) is 32.3 Å². The van der Waals surface area contributed by atoms with Crippen LogP contribution >= 0.6 is 0 Å². The molecule has 0 aromatic carbocycles. The predicted molar refractivity (Wildman–Crippen MR) is 70.3 cm³/mol.